The van der Waals surface area contributed by atoms with Gasteiger partial charge in [0.25, 0.3) is 5.91 Å². The molecule has 35 heavy (non-hydrogen) atoms. The lowest BCUT2D eigenvalue weighted by Gasteiger charge is -2.14. The molecule has 0 saturated heterocycles. The molecule has 0 fully saturated rings. The molecule has 6 nitrogen and oxygen atoms in total. The van der Waals surface area contributed by atoms with Crippen LogP contribution in [0.1, 0.15) is 21.7 Å². The van der Waals surface area contributed by atoms with Crippen LogP contribution in [-0.2, 0) is 13.0 Å². The lowest BCUT2D eigenvalue weighted by Crippen LogP contribution is -2.23. The fourth-order valence-corrected chi connectivity index (χ4v) is 3.64. The third kappa shape index (κ3) is 6.40. The van der Waals surface area contributed by atoms with Crippen molar-refractivity contribution in [2.24, 2.45) is 4.99 Å². The Morgan fingerprint density at radius 3 is 2.66 bits per heavy atom. The van der Waals surface area contributed by atoms with Gasteiger partial charge in [-0.1, -0.05) is 66.7 Å². The number of anilines is 2. The molecule has 0 radical (unpaired) electrons. The number of carbonyl (C=O) groups is 1. The van der Waals surface area contributed by atoms with Gasteiger partial charge in [0.05, 0.1) is 16.8 Å². The Hall–Kier alpha value is -4.29. The van der Waals surface area contributed by atoms with Crippen LogP contribution in [0.3, 0.4) is 0 Å². The number of allylic oxidation sites excluding steroid dienone is 2. The van der Waals surface area contributed by atoms with E-state index in [2.05, 4.69) is 27.2 Å². The Labute approximate surface area is 209 Å². The lowest BCUT2D eigenvalue weighted by atomic mass is 10.1. The van der Waals surface area contributed by atoms with Gasteiger partial charge in [-0.15, -0.1) is 0 Å². The van der Waals surface area contributed by atoms with Crippen LogP contribution in [0, 0.1) is 0 Å². The second-order valence-corrected chi connectivity index (χ2v) is 8.04. The molecule has 0 atom stereocenters. The van der Waals surface area contributed by atoms with Gasteiger partial charge in [-0.05, 0) is 42.0 Å². The van der Waals surface area contributed by atoms with E-state index in [1.165, 1.54) is 6.20 Å². The second kappa shape index (κ2) is 11.7. The maximum Gasteiger partial charge on any atom is 0.253 e. The van der Waals surface area contributed by atoms with Crippen molar-refractivity contribution >= 4 is 46.1 Å². The Bertz CT molecular complexity index is 1400. The first-order valence-corrected chi connectivity index (χ1v) is 11.5. The Kier molecular flexibility index (Phi) is 7.99. The SMILES string of the molecule is C=C/N=C\C=C/Cc1nc(Nc2ccccc2C(=O)NCc2ccccc2)c2cc(Cl)ccc2n1. The van der Waals surface area contributed by atoms with Gasteiger partial charge in [-0.2, -0.15) is 0 Å². The zero-order valence-corrected chi connectivity index (χ0v) is 19.7. The largest absolute Gasteiger partial charge is 0.348 e. The summed E-state index contributed by atoms with van der Waals surface area (Å²) < 4.78 is 0. The maximum atomic E-state index is 13.0. The van der Waals surface area contributed by atoms with Crippen LogP contribution in [0.4, 0.5) is 11.5 Å². The molecule has 7 heteroatoms. The van der Waals surface area contributed by atoms with Gasteiger partial charge in [0.15, 0.2) is 0 Å². The molecule has 0 saturated carbocycles. The Morgan fingerprint density at radius 1 is 1.03 bits per heavy atom. The van der Waals surface area contributed by atoms with E-state index in [0.29, 0.717) is 40.9 Å². The van der Waals surface area contributed by atoms with Crippen LogP contribution in [0.2, 0.25) is 5.02 Å². The molecule has 0 unspecified atom stereocenters. The minimum Gasteiger partial charge on any atom is -0.348 e. The molecule has 0 aliphatic carbocycles. The summed E-state index contributed by atoms with van der Waals surface area (Å²) in [5.74, 6) is 1.01. The molecule has 1 aromatic heterocycles. The Morgan fingerprint density at radius 2 is 1.83 bits per heavy atom. The molecule has 174 valence electrons. The number of hydrogen-bond donors (Lipinski definition) is 2. The summed E-state index contributed by atoms with van der Waals surface area (Å²) in [6.45, 7) is 3.99. The van der Waals surface area contributed by atoms with Crippen LogP contribution in [-0.4, -0.2) is 22.1 Å². The first-order chi connectivity index (χ1) is 17.1. The molecular formula is C28H24ClN5O. The summed E-state index contributed by atoms with van der Waals surface area (Å²) in [6.07, 6.45) is 7.36. The molecular weight excluding hydrogens is 458 g/mol. The van der Waals surface area contributed by atoms with Gasteiger partial charge in [-0.25, -0.2) is 9.97 Å². The van der Waals surface area contributed by atoms with Gasteiger partial charge >= 0.3 is 0 Å². The standard InChI is InChI=1S/C28H24ClN5O/c1-2-30-17-9-8-14-26-32-25-16-15-21(29)18-23(25)27(34-26)33-24-13-7-6-12-22(24)28(35)31-19-20-10-4-3-5-11-20/h2-13,15-18H,1,14,19H2,(H,31,35)(H,32,33,34)/b9-8-,30-17-. The second-order valence-electron chi connectivity index (χ2n) is 7.60. The number of nitrogens with one attached hydrogen (secondary N) is 2. The number of benzene rings is 3. The predicted octanol–water partition coefficient (Wildman–Crippen LogP) is 6.27. The third-order valence-corrected chi connectivity index (χ3v) is 5.37. The third-order valence-electron chi connectivity index (χ3n) is 5.14. The monoisotopic (exact) mass is 481 g/mol. The maximum absolute atomic E-state index is 13.0. The van der Waals surface area contributed by atoms with Crippen molar-refractivity contribution in [3.63, 3.8) is 0 Å². The van der Waals surface area contributed by atoms with Crippen LogP contribution in [0.15, 0.2) is 103 Å². The van der Waals surface area contributed by atoms with Crippen molar-refractivity contribution in [1.29, 1.82) is 0 Å². The summed E-state index contributed by atoms with van der Waals surface area (Å²) in [7, 11) is 0. The topological polar surface area (TPSA) is 79.3 Å². The van der Waals surface area contributed by atoms with Crippen LogP contribution < -0.4 is 10.6 Å². The number of amides is 1. The zero-order chi connectivity index (χ0) is 24.5. The van der Waals surface area contributed by atoms with E-state index in [1.807, 2.05) is 72.8 Å². The molecule has 1 amide bonds. The minimum absolute atomic E-state index is 0.182. The van der Waals surface area contributed by atoms with Crippen molar-refractivity contribution < 1.29 is 4.79 Å². The summed E-state index contributed by atoms with van der Waals surface area (Å²) in [6, 6.07) is 22.6. The normalized spacial score (nSPS) is 11.2. The first-order valence-electron chi connectivity index (χ1n) is 11.1. The quantitative estimate of drug-likeness (QED) is 0.276. The molecule has 2 N–H and O–H groups in total. The minimum atomic E-state index is -0.182. The van der Waals surface area contributed by atoms with Crippen LogP contribution >= 0.6 is 11.6 Å². The van der Waals surface area contributed by atoms with Gasteiger partial charge in [0.1, 0.15) is 11.6 Å². The van der Waals surface area contributed by atoms with Crippen molar-refractivity contribution in [2.45, 2.75) is 13.0 Å². The lowest BCUT2D eigenvalue weighted by molar-refractivity contribution is 0.0951. The van der Waals surface area contributed by atoms with Crippen molar-refractivity contribution in [3.05, 3.63) is 120 Å². The first kappa shape index (κ1) is 23.9. The van der Waals surface area contributed by atoms with E-state index < -0.39 is 0 Å². The molecule has 1 heterocycles. The van der Waals surface area contributed by atoms with E-state index in [0.717, 1.165) is 16.5 Å². The number of fused-ring (bicyclic) bond motifs is 1. The highest BCUT2D eigenvalue weighted by Crippen LogP contribution is 2.28. The molecule has 0 aliphatic heterocycles. The summed E-state index contributed by atoms with van der Waals surface area (Å²) in [5, 5.41) is 7.66. The van der Waals surface area contributed by atoms with E-state index >= 15 is 0 Å². The molecule has 0 aliphatic rings. The summed E-state index contributed by atoms with van der Waals surface area (Å²) in [4.78, 5) is 26.3. The van der Waals surface area contributed by atoms with Crippen LogP contribution in [0.5, 0.6) is 0 Å². The molecule has 4 aromatic rings. The predicted molar refractivity (Wildman–Crippen MR) is 143 cm³/mol. The highest BCUT2D eigenvalue weighted by molar-refractivity contribution is 6.31. The van der Waals surface area contributed by atoms with Crippen LogP contribution in [0.25, 0.3) is 10.9 Å². The summed E-state index contributed by atoms with van der Waals surface area (Å²) >= 11 is 6.27. The Balaban J connectivity index is 1.62. The fraction of sp³-hybridized carbons (Fsp3) is 0.0714. The van der Waals surface area contributed by atoms with E-state index in [1.54, 1.807) is 18.3 Å². The van der Waals surface area contributed by atoms with Gasteiger partial charge in [0.2, 0.25) is 0 Å². The number of rotatable bonds is 9. The number of hydrogen-bond acceptors (Lipinski definition) is 5. The number of para-hydroxylation sites is 1. The fourth-order valence-electron chi connectivity index (χ4n) is 3.47. The zero-order valence-electron chi connectivity index (χ0n) is 19.0. The molecule has 0 bridgehead atoms. The van der Waals surface area contributed by atoms with Crippen molar-refractivity contribution in [2.75, 3.05) is 5.32 Å². The average molecular weight is 482 g/mol. The molecule has 0 spiro atoms. The van der Waals surface area contributed by atoms with E-state index in [4.69, 9.17) is 16.6 Å². The van der Waals surface area contributed by atoms with E-state index in [-0.39, 0.29) is 5.91 Å². The number of carbonyl (C=O) groups excluding carboxylic acids is 1. The number of aliphatic imine (C=N–C) groups is 1. The molecule has 3 aromatic carbocycles. The number of aromatic nitrogens is 2. The highest BCUT2D eigenvalue weighted by atomic mass is 35.5. The number of halogens is 1. The van der Waals surface area contributed by atoms with E-state index in [9.17, 15) is 4.79 Å². The number of nitrogens with zero attached hydrogens (tertiary/aromatic N) is 3. The van der Waals surface area contributed by atoms with Crippen molar-refractivity contribution in [3.8, 4) is 0 Å². The highest BCUT2D eigenvalue weighted by Gasteiger charge is 2.14. The van der Waals surface area contributed by atoms with Crippen molar-refractivity contribution in [1.82, 2.24) is 15.3 Å². The summed E-state index contributed by atoms with van der Waals surface area (Å²) in [5.41, 5.74) is 2.93. The molecule has 4 rings (SSSR count). The van der Waals surface area contributed by atoms with Gasteiger partial charge in [0, 0.05) is 35.8 Å². The van der Waals surface area contributed by atoms with Gasteiger partial charge < -0.3 is 10.6 Å². The smallest absolute Gasteiger partial charge is 0.253 e. The average Bonchev–Trinajstić information content (AvgIpc) is 2.88. The van der Waals surface area contributed by atoms with Gasteiger partial charge in [-0.3, -0.25) is 9.79 Å².